The molecule has 0 unspecified atom stereocenters. The molecule has 0 spiro atoms. The molecule has 2 aromatic carbocycles. The summed E-state index contributed by atoms with van der Waals surface area (Å²) in [5.74, 6) is -0.173. The fourth-order valence-electron chi connectivity index (χ4n) is 3.62. The van der Waals surface area contributed by atoms with Crippen molar-refractivity contribution in [2.24, 2.45) is 5.92 Å². The maximum atomic E-state index is 13.0. The Balaban J connectivity index is 1.94. The zero-order valence-corrected chi connectivity index (χ0v) is 22.3. The molecule has 1 aliphatic carbocycles. The van der Waals surface area contributed by atoms with Gasteiger partial charge < -0.3 is 14.2 Å². The molecular weight excluding hydrogens is 537 g/mol. The molecule has 0 aromatic heterocycles. The van der Waals surface area contributed by atoms with Crippen LogP contribution in [0, 0.1) is 5.92 Å². The lowest BCUT2D eigenvalue weighted by Gasteiger charge is -2.22. The summed E-state index contributed by atoms with van der Waals surface area (Å²) in [4.78, 5) is 23.9. The number of rotatable bonds is 14. The largest absolute Gasteiger partial charge is 0.489 e. The molecule has 1 fully saturated rings. The Morgan fingerprint density at radius 2 is 1.84 bits per heavy atom. The molecule has 202 valence electrons. The number of carbonyl (C=O) groups excluding carboxylic acids is 2. The van der Waals surface area contributed by atoms with Crippen molar-refractivity contribution in [3.8, 4) is 11.5 Å². The van der Waals surface area contributed by atoms with E-state index in [1.54, 1.807) is 37.3 Å². The van der Waals surface area contributed by atoms with Crippen LogP contribution in [0.4, 0.5) is 8.78 Å². The van der Waals surface area contributed by atoms with Crippen LogP contribution in [0.15, 0.2) is 76.8 Å². The highest BCUT2D eigenvalue weighted by Gasteiger charge is 2.26. The summed E-state index contributed by atoms with van der Waals surface area (Å²) in [6.07, 6.45) is 4.95. The van der Waals surface area contributed by atoms with E-state index in [9.17, 15) is 18.4 Å². The normalized spacial score (nSPS) is 14.9. The molecule has 0 bridgehead atoms. The fourth-order valence-corrected chi connectivity index (χ4v) is 4.03. The lowest BCUT2D eigenvalue weighted by atomic mass is 9.99. The number of halogens is 4. The molecule has 5 nitrogen and oxygen atoms in total. The Bertz CT molecular complexity index is 1200. The van der Waals surface area contributed by atoms with E-state index >= 15 is 0 Å². The second-order valence-electron chi connectivity index (χ2n) is 8.73. The SMILES string of the molecule is C=C/C(Cl)=C(C[C@H](OC(=O)Cc1ccc(C=O)cc1)c1ccc(OC(F)F)c(OCC2CC2)c1)\C(Cl)=C/C. The minimum Gasteiger partial charge on any atom is -0.489 e. The molecule has 38 heavy (non-hydrogen) atoms. The van der Waals surface area contributed by atoms with E-state index in [-0.39, 0.29) is 29.4 Å². The van der Waals surface area contributed by atoms with Gasteiger partial charge in [0, 0.05) is 22.0 Å². The van der Waals surface area contributed by atoms with E-state index in [0.29, 0.717) is 46.1 Å². The van der Waals surface area contributed by atoms with Crippen molar-refractivity contribution < 1.29 is 32.6 Å². The second-order valence-corrected chi connectivity index (χ2v) is 9.54. The summed E-state index contributed by atoms with van der Waals surface area (Å²) < 4.78 is 42.3. The van der Waals surface area contributed by atoms with Crippen LogP contribution < -0.4 is 9.47 Å². The van der Waals surface area contributed by atoms with Crippen LogP contribution in [0.1, 0.15) is 53.8 Å². The van der Waals surface area contributed by atoms with Crippen molar-refractivity contribution in [3.05, 3.63) is 93.5 Å². The standard InChI is InChI=1S/C29H28Cl2F2O5/c1-3-23(30)22(24(31)4-2)15-26(37-28(35)13-18-5-7-19(16-34)8-6-18)21-11-12-25(38-29(32)33)27(14-21)36-17-20-9-10-20/h3-8,11-12,14,16,20,26,29H,1,9-10,13,15,17H2,2H3/b23-22+,24-4+/t26-/m0/s1. The molecule has 1 aliphatic rings. The number of benzene rings is 2. The van der Waals surface area contributed by atoms with Crippen molar-refractivity contribution in [2.45, 2.75) is 45.3 Å². The van der Waals surface area contributed by atoms with Gasteiger partial charge in [-0.3, -0.25) is 9.59 Å². The average Bonchev–Trinajstić information content (AvgIpc) is 3.74. The first kappa shape index (κ1) is 29.4. The molecule has 0 N–H and O–H groups in total. The summed E-state index contributed by atoms with van der Waals surface area (Å²) in [5.41, 5.74) is 2.11. The number of aldehydes is 1. The fraction of sp³-hybridized carbons (Fsp3) is 0.310. The number of hydrogen-bond acceptors (Lipinski definition) is 5. The summed E-state index contributed by atoms with van der Waals surface area (Å²) >= 11 is 12.8. The first-order chi connectivity index (χ1) is 18.2. The molecule has 1 atom stereocenters. The third-order valence-corrected chi connectivity index (χ3v) is 6.69. The average molecular weight is 565 g/mol. The molecule has 0 heterocycles. The highest BCUT2D eigenvalue weighted by atomic mass is 35.5. The van der Waals surface area contributed by atoms with Gasteiger partial charge in [-0.15, -0.1) is 0 Å². The molecule has 3 rings (SSSR count). The first-order valence-corrected chi connectivity index (χ1v) is 12.8. The van der Waals surface area contributed by atoms with E-state index in [1.165, 1.54) is 24.3 Å². The number of hydrogen-bond donors (Lipinski definition) is 0. The number of alkyl halides is 2. The second kappa shape index (κ2) is 14.1. The molecule has 0 radical (unpaired) electrons. The van der Waals surface area contributed by atoms with E-state index in [4.69, 9.17) is 32.7 Å². The van der Waals surface area contributed by atoms with Crippen molar-refractivity contribution in [1.29, 1.82) is 0 Å². The Morgan fingerprint density at radius 1 is 1.13 bits per heavy atom. The minimum atomic E-state index is -3.03. The Labute approximate surface area is 230 Å². The Kier molecular flexibility index (Phi) is 10.9. The molecular formula is C29H28Cl2F2O5. The summed E-state index contributed by atoms with van der Waals surface area (Å²) in [6, 6.07) is 11.0. The van der Waals surface area contributed by atoms with Gasteiger partial charge in [0.05, 0.1) is 13.0 Å². The zero-order chi connectivity index (χ0) is 27.7. The summed E-state index contributed by atoms with van der Waals surface area (Å²) in [6.45, 7) is 2.76. The van der Waals surface area contributed by atoms with Crippen LogP contribution in [-0.2, 0) is 16.0 Å². The quantitative estimate of drug-likeness (QED) is 0.132. The topological polar surface area (TPSA) is 61.8 Å². The van der Waals surface area contributed by atoms with Gasteiger partial charge in [-0.2, -0.15) is 8.78 Å². The van der Waals surface area contributed by atoms with Gasteiger partial charge >= 0.3 is 12.6 Å². The monoisotopic (exact) mass is 564 g/mol. The van der Waals surface area contributed by atoms with Crippen LogP contribution in [-0.4, -0.2) is 25.5 Å². The van der Waals surface area contributed by atoms with Crippen molar-refractivity contribution in [3.63, 3.8) is 0 Å². The zero-order valence-electron chi connectivity index (χ0n) is 20.8. The van der Waals surface area contributed by atoms with E-state index in [0.717, 1.165) is 12.8 Å². The minimum absolute atomic E-state index is 0.0567. The van der Waals surface area contributed by atoms with Gasteiger partial charge in [0.25, 0.3) is 0 Å². The first-order valence-electron chi connectivity index (χ1n) is 12.0. The molecule has 2 aromatic rings. The van der Waals surface area contributed by atoms with E-state index in [2.05, 4.69) is 11.3 Å². The lowest BCUT2D eigenvalue weighted by Crippen LogP contribution is -2.15. The van der Waals surface area contributed by atoms with Gasteiger partial charge in [0.2, 0.25) is 0 Å². The molecule has 0 amide bonds. The summed E-state index contributed by atoms with van der Waals surface area (Å²) in [7, 11) is 0. The maximum Gasteiger partial charge on any atom is 0.387 e. The predicted octanol–water partition coefficient (Wildman–Crippen LogP) is 7.93. The van der Waals surface area contributed by atoms with Gasteiger partial charge in [0.15, 0.2) is 11.5 Å². The predicted molar refractivity (Wildman–Crippen MR) is 143 cm³/mol. The molecule has 9 heteroatoms. The highest BCUT2D eigenvalue weighted by molar-refractivity contribution is 6.36. The van der Waals surface area contributed by atoms with E-state index < -0.39 is 18.7 Å². The summed E-state index contributed by atoms with van der Waals surface area (Å²) in [5, 5.41) is 0.629. The number of carbonyl (C=O) groups is 2. The Hall–Kier alpha value is -3.16. The van der Waals surface area contributed by atoms with Crippen LogP contribution in [0.25, 0.3) is 0 Å². The number of esters is 1. The third-order valence-electron chi connectivity index (χ3n) is 5.86. The van der Waals surface area contributed by atoms with Crippen LogP contribution in [0.2, 0.25) is 0 Å². The smallest absolute Gasteiger partial charge is 0.387 e. The number of allylic oxidation sites excluding steroid dienone is 4. The molecule has 0 saturated heterocycles. The van der Waals surface area contributed by atoms with Crippen LogP contribution in [0.5, 0.6) is 11.5 Å². The van der Waals surface area contributed by atoms with Crippen molar-refractivity contribution in [2.75, 3.05) is 6.61 Å². The van der Waals surface area contributed by atoms with Gasteiger partial charge in [-0.05, 0) is 54.5 Å². The van der Waals surface area contributed by atoms with Crippen LogP contribution in [0.3, 0.4) is 0 Å². The van der Waals surface area contributed by atoms with Gasteiger partial charge in [-0.25, -0.2) is 0 Å². The molecule has 0 aliphatic heterocycles. The van der Waals surface area contributed by atoms with Gasteiger partial charge in [0.1, 0.15) is 12.4 Å². The van der Waals surface area contributed by atoms with E-state index in [1.807, 2.05) is 0 Å². The lowest BCUT2D eigenvalue weighted by molar-refractivity contribution is -0.148. The molecule has 1 saturated carbocycles. The van der Waals surface area contributed by atoms with Gasteiger partial charge in [-0.1, -0.05) is 72.3 Å². The maximum absolute atomic E-state index is 13.0. The Morgan fingerprint density at radius 3 is 2.42 bits per heavy atom. The van der Waals surface area contributed by atoms with Crippen molar-refractivity contribution >= 4 is 35.5 Å². The van der Waals surface area contributed by atoms with Crippen molar-refractivity contribution in [1.82, 2.24) is 0 Å². The van der Waals surface area contributed by atoms with Crippen LogP contribution >= 0.6 is 23.2 Å². The highest BCUT2D eigenvalue weighted by Crippen LogP contribution is 2.39. The third kappa shape index (κ3) is 8.71. The number of ether oxygens (including phenoxy) is 3.